The Kier molecular flexibility index (Phi) is 5.21. The lowest BCUT2D eigenvalue weighted by atomic mass is 10.1. The molecule has 0 spiro atoms. The zero-order chi connectivity index (χ0) is 16.1. The van der Waals surface area contributed by atoms with E-state index in [9.17, 15) is 4.79 Å². The third-order valence-corrected chi connectivity index (χ3v) is 3.84. The Hall–Kier alpha value is -2.29. The molecule has 0 saturated carbocycles. The van der Waals surface area contributed by atoms with Gasteiger partial charge in [-0.1, -0.05) is 35.9 Å². The standard InChI is InChI=1S/C19H24N2O/c1-14-12-15(2)19(16(3)13-14)20-11-10-18(22)21(4)17-8-6-5-7-9-17/h5-9,12-13,20H,10-11H2,1-4H3. The normalized spacial score (nSPS) is 10.4. The van der Waals surface area contributed by atoms with Crippen molar-refractivity contribution in [2.45, 2.75) is 27.2 Å². The molecule has 0 aromatic heterocycles. The van der Waals surface area contributed by atoms with Crippen LogP contribution < -0.4 is 10.2 Å². The van der Waals surface area contributed by atoms with Gasteiger partial charge in [0.05, 0.1) is 0 Å². The predicted molar refractivity (Wildman–Crippen MR) is 93.6 cm³/mol. The van der Waals surface area contributed by atoms with Gasteiger partial charge in [-0.05, 0) is 44.0 Å². The first-order chi connectivity index (χ1) is 10.5. The molecule has 2 aromatic rings. The third-order valence-electron chi connectivity index (χ3n) is 3.84. The van der Waals surface area contributed by atoms with Crippen molar-refractivity contribution < 1.29 is 4.79 Å². The number of carbonyl (C=O) groups is 1. The van der Waals surface area contributed by atoms with E-state index in [1.165, 1.54) is 16.7 Å². The van der Waals surface area contributed by atoms with Gasteiger partial charge < -0.3 is 10.2 Å². The smallest absolute Gasteiger partial charge is 0.228 e. The Labute approximate surface area is 133 Å². The minimum Gasteiger partial charge on any atom is -0.384 e. The van der Waals surface area contributed by atoms with Crippen LogP contribution in [0.25, 0.3) is 0 Å². The second kappa shape index (κ2) is 7.12. The summed E-state index contributed by atoms with van der Waals surface area (Å²) in [5.41, 5.74) is 5.78. The number of hydrogen-bond acceptors (Lipinski definition) is 2. The van der Waals surface area contributed by atoms with Gasteiger partial charge in [-0.2, -0.15) is 0 Å². The molecular formula is C19H24N2O. The molecule has 0 heterocycles. The summed E-state index contributed by atoms with van der Waals surface area (Å²) in [7, 11) is 1.82. The number of nitrogens with zero attached hydrogens (tertiary/aromatic N) is 1. The van der Waals surface area contributed by atoms with Crippen LogP contribution in [-0.4, -0.2) is 19.5 Å². The summed E-state index contributed by atoms with van der Waals surface area (Å²) in [6.07, 6.45) is 0.470. The maximum absolute atomic E-state index is 12.2. The van der Waals surface area contributed by atoms with Gasteiger partial charge in [0.2, 0.25) is 5.91 Å². The Morgan fingerprint density at radius 3 is 2.23 bits per heavy atom. The highest BCUT2D eigenvalue weighted by atomic mass is 16.2. The van der Waals surface area contributed by atoms with Crippen molar-refractivity contribution in [1.29, 1.82) is 0 Å². The number of rotatable bonds is 5. The molecule has 0 aliphatic heterocycles. The topological polar surface area (TPSA) is 32.3 Å². The lowest BCUT2D eigenvalue weighted by Gasteiger charge is -2.18. The molecule has 0 aliphatic carbocycles. The van der Waals surface area contributed by atoms with Crippen molar-refractivity contribution in [3.63, 3.8) is 0 Å². The SMILES string of the molecule is Cc1cc(C)c(NCCC(=O)N(C)c2ccccc2)c(C)c1. The zero-order valence-electron chi connectivity index (χ0n) is 13.8. The molecule has 22 heavy (non-hydrogen) atoms. The maximum atomic E-state index is 12.2. The second-order valence-electron chi connectivity index (χ2n) is 5.74. The lowest BCUT2D eigenvalue weighted by molar-refractivity contribution is -0.118. The molecule has 0 bridgehead atoms. The summed E-state index contributed by atoms with van der Waals surface area (Å²) >= 11 is 0. The molecule has 2 aromatic carbocycles. The van der Waals surface area contributed by atoms with Crippen LogP contribution in [0.3, 0.4) is 0 Å². The van der Waals surface area contributed by atoms with Gasteiger partial charge in [-0.15, -0.1) is 0 Å². The van der Waals surface area contributed by atoms with Crippen LogP contribution in [0.4, 0.5) is 11.4 Å². The van der Waals surface area contributed by atoms with Crippen molar-refractivity contribution >= 4 is 17.3 Å². The monoisotopic (exact) mass is 296 g/mol. The average Bonchev–Trinajstić information content (AvgIpc) is 2.49. The van der Waals surface area contributed by atoms with E-state index in [0.717, 1.165) is 11.4 Å². The summed E-state index contributed by atoms with van der Waals surface area (Å²) in [5.74, 6) is 0.112. The Morgan fingerprint density at radius 1 is 1.05 bits per heavy atom. The van der Waals surface area contributed by atoms with E-state index in [-0.39, 0.29) is 5.91 Å². The van der Waals surface area contributed by atoms with E-state index in [1.54, 1.807) is 4.90 Å². The molecule has 2 rings (SSSR count). The fraction of sp³-hybridized carbons (Fsp3) is 0.316. The summed E-state index contributed by atoms with van der Waals surface area (Å²) in [5, 5.41) is 3.40. The Morgan fingerprint density at radius 2 is 1.64 bits per heavy atom. The minimum atomic E-state index is 0.112. The molecular weight excluding hydrogens is 272 g/mol. The summed E-state index contributed by atoms with van der Waals surface area (Å²) in [4.78, 5) is 13.9. The molecule has 0 fully saturated rings. The summed E-state index contributed by atoms with van der Waals surface area (Å²) in [6, 6.07) is 14.0. The minimum absolute atomic E-state index is 0.112. The molecule has 0 saturated heterocycles. The third kappa shape index (κ3) is 3.88. The number of amides is 1. The van der Waals surface area contributed by atoms with Crippen LogP contribution in [0.5, 0.6) is 0 Å². The molecule has 0 unspecified atom stereocenters. The number of nitrogens with one attached hydrogen (secondary N) is 1. The van der Waals surface area contributed by atoms with E-state index in [2.05, 4.69) is 38.2 Å². The second-order valence-corrected chi connectivity index (χ2v) is 5.74. The lowest BCUT2D eigenvalue weighted by Crippen LogP contribution is -2.27. The average molecular weight is 296 g/mol. The highest BCUT2D eigenvalue weighted by Crippen LogP contribution is 2.22. The van der Waals surface area contributed by atoms with Gasteiger partial charge in [0.1, 0.15) is 0 Å². The van der Waals surface area contributed by atoms with Crippen LogP contribution in [0.1, 0.15) is 23.1 Å². The number of aryl methyl sites for hydroxylation is 3. The van der Waals surface area contributed by atoms with Gasteiger partial charge >= 0.3 is 0 Å². The number of carbonyl (C=O) groups excluding carboxylic acids is 1. The van der Waals surface area contributed by atoms with Crippen molar-refractivity contribution in [3.8, 4) is 0 Å². The van der Waals surface area contributed by atoms with Crippen molar-refractivity contribution in [3.05, 3.63) is 59.2 Å². The maximum Gasteiger partial charge on any atom is 0.228 e. The van der Waals surface area contributed by atoms with Crippen LogP contribution in [0.15, 0.2) is 42.5 Å². The molecule has 116 valence electrons. The first kappa shape index (κ1) is 16.1. The van der Waals surface area contributed by atoms with Crippen LogP contribution >= 0.6 is 0 Å². The van der Waals surface area contributed by atoms with Crippen molar-refractivity contribution in [2.75, 3.05) is 23.8 Å². The van der Waals surface area contributed by atoms with Crippen molar-refractivity contribution in [1.82, 2.24) is 0 Å². The first-order valence-electron chi connectivity index (χ1n) is 7.62. The number of para-hydroxylation sites is 1. The molecule has 3 heteroatoms. The van der Waals surface area contributed by atoms with E-state index >= 15 is 0 Å². The highest BCUT2D eigenvalue weighted by molar-refractivity contribution is 5.93. The van der Waals surface area contributed by atoms with Gasteiger partial charge in [-0.3, -0.25) is 4.79 Å². The van der Waals surface area contributed by atoms with Crippen LogP contribution in [0.2, 0.25) is 0 Å². The van der Waals surface area contributed by atoms with Crippen LogP contribution in [-0.2, 0) is 4.79 Å². The Bertz CT molecular complexity index is 627. The van der Waals surface area contributed by atoms with E-state index < -0.39 is 0 Å². The summed E-state index contributed by atoms with van der Waals surface area (Å²) in [6.45, 7) is 6.93. The summed E-state index contributed by atoms with van der Waals surface area (Å²) < 4.78 is 0. The fourth-order valence-electron chi connectivity index (χ4n) is 2.72. The largest absolute Gasteiger partial charge is 0.384 e. The van der Waals surface area contributed by atoms with Gasteiger partial charge in [0.25, 0.3) is 0 Å². The highest BCUT2D eigenvalue weighted by Gasteiger charge is 2.10. The molecule has 1 N–H and O–H groups in total. The quantitative estimate of drug-likeness (QED) is 0.901. The van der Waals surface area contributed by atoms with E-state index in [1.807, 2.05) is 37.4 Å². The van der Waals surface area contributed by atoms with E-state index in [4.69, 9.17) is 0 Å². The predicted octanol–water partition coefficient (Wildman–Crippen LogP) is 4.08. The Balaban J connectivity index is 1.93. The molecule has 0 radical (unpaired) electrons. The van der Waals surface area contributed by atoms with E-state index in [0.29, 0.717) is 13.0 Å². The number of hydrogen-bond donors (Lipinski definition) is 1. The van der Waals surface area contributed by atoms with Crippen LogP contribution in [0, 0.1) is 20.8 Å². The van der Waals surface area contributed by atoms with Crippen molar-refractivity contribution in [2.24, 2.45) is 0 Å². The molecule has 3 nitrogen and oxygen atoms in total. The van der Waals surface area contributed by atoms with Gasteiger partial charge in [0.15, 0.2) is 0 Å². The zero-order valence-corrected chi connectivity index (χ0v) is 13.8. The molecule has 0 aliphatic rings. The molecule has 1 amide bonds. The fourth-order valence-corrected chi connectivity index (χ4v) is 2.72. The van der Waals surface area contributed by atoms with Gasteiger partial charge in [0, 0.05) is 31.4 Å². The first-order valence-corrected chi connectivity index (χ1v) is 7.62. The number of benzene rings is 2. The van der Waals surface area contributed by atoms with Gasteiger partial charge in [-0.25, -0.2) is 0 Å². The number of anilines is 2. The molecule has 0 atom stereocenters.